The zero-order valence-electron chi connectivity index (χ0n) is 6.94. The van der Waals surface area contributed by atoms with Gasteiger partial charge in [-0.1, -0.05) is 0 Å². The Bertz CT molecular complexity index is 278. The number of hydrogen-bond acceptors (Lipinski definition) is 0. The van der Waals surface area contributed by atoms with Crippen molar-refractivity contribution in [2.24, 2.45) is 0 Å². The molecular weight excluding hydrogens is 136 g/mol. The first-order valence-electron chi connectivity index (χ1n) is 3.72. The van der Waals surface area contributed by atoms with Gasteiger partial charge in [-0.2, -0.15) is 0 Å². The fraction of sp³-hybridized carbons (Fsp3) is 0.444. The van der Waals surface area contributed by atoms with Crippen LogP contribution in [0.2, 0.25) is 0 Å². The van der Waals surface area contributed by atoms with Gasteiger partial charge in [-0.05, 0) is 25.5 Å². The van der Waals surface area contributed by atoms with Crippen molar-refractivity contribution >= 4 is 0 Å². The van der Waals surface area contributed by atoms with E-state index in [4.69, 9.17) is 6.57 Å². The molecule has 0 unspecified atom stereocenters. The van der Waals surface area contributed by atoms with Crippen molar-refractivity contribution in [2.45, 2.75) is 20.3 Å². The predicted molar refractivity (Wildman–Crippen MR) is 45.4 cm³/mol. The Hall–Kier alpha value is -1.23. The second-order valence-corrected chi connectivity index (χ2v) is 2.73. The number of H-pyrrole nitrogens is 1. The minimum absolute atomic E-state index is 0.595. The first-order valence-corrected chi connectivity index (χ1v) is 3.72. The van der Waals surface area contributed by atoms with E-state index in [0.29, 0.717) is 6.54 Å². The van der Waals surface area contributed by atoms with Crippen LogP contribution in [0.1, 0.15) is 17.0 Å². The normalized spacial score (nSPS) is 9.55. The van der Waals surface area contributed by atoms with E-state index in [-0.39, 0.29) is 0 Å². The van der Waals surface area contributed by atoms with Crippen LogP contribution >= 0.6 is 0 Å². The Morgan fingerprint density at radius 3 is 2.73 bits per heavy atom. The Balaban J connectivity index is 2.71. The lowest BCUT2D eigenvalue weighted by Gasteiger charge is -1.90. The molecule has 0 saturated heterocycles. The van der Waals surface area contributed by atoms with E-state index in [1.165, 1.54) is 17.0 Å². The smallest absolute Gasteiger partial charge is 0.218 e. The highest BCUT2D eigenvalue weighted by atomic mass is 14.7. The summed E-state index contributed by atoms with van der Waals surface area (Å²) in [5.41, 5.74) is 3.66. The predicted octanol–water partition coefficient (Wildman–Crippen LogP) is 2.09. The van der Waals surface area contributed by atoms with Gasteiger partial charge in [0, 0.05) is 17.8 Å². The Morgan fingerprint density at radius 2 is 2.27 bits per heavy atom. The maximum atomic E-state index is 6.64. The largest absolute Gasteiger partial charge is 0.362 e. The third-order valence-corrected chi connectivity index (χ3v) is 1.75. The Kier molecular flexibility index (Phi) is 2.32. The molecule has 0 spiro atoms. The fourth-order valence-corrected chi connectivity index (χ4v) is 1.22. The molecule has 0 bridgehead atoms. The first-order chi connectivity index (χ1) is 5.24. The molecule has 2 heteroatoms. The van der Waals surface area contributed by atoms with Crippen LogP contribution in [-0.2, 0) is 6.42 Å². The van der Waals surface area contributed by atoms with E-state index in [1.54, 1.807) is 0 Å². The monoisotopic (exact) mass is 148 g/mol. The van der Waals surface area contributed by atoms with Crippen molar-refractivity contribution in [1.29, 1.82) is 0 Å². The van der Waals surface area contributed by atoms with Gasteiger partial charge in [-0.25, -0.2) is 6.57 Å². The number of nitrogens with one attached hydrogen (secondary N) is 1. The molecule has 0 amide bonds. The Labute approximate surface area is 67.1 Å². The van der Waals surface area contributed by atoms with Crippen LogP contribution < -0.4 is 0 Å². The molecule has 0 aliphatic carbocycles. The van der Waals surface area contributed by atoms with Crippen LogP contribution in [0, 0.1) is 20.4 Å². The van der Waals surface area contributed by atoms with Crippen LogP contribution in [0.4, 0.5) is 0 Å². The minimum Gasteiger partial charge on any atom is -0.362 e. The summed E-state index contributed by atoms with van der Waals surface area (Å²) in [5.74, 6) is 0. The molecule has 0 aliphatic rings. The molecule has 0 fully saturated rings. The molecule has 1 rings (SSSR count). The maximum absolute atomic E-state index is 6.64. The molecule has 1 heterocycles. The van der Waals surface area contributed by atoms with E-state index in [9.17, 15) is 0 Å². The van der Waals surface area contributed by atoms with Crippen molar-refractivity contribution in [3.05, 3.63) is 34.4 Å². The molecule has 1 aromatic rings. The SMILES string of the molecule is [C-]#[N+]CCc1cc(C)[nH]c1C. The molecule has 0 aromatic carbocycles. The minimum atomic E-state index is 0.595. The van der Waals surface area contributed by atoms with Gasteiger partial charge in [-0.15, -0.1) is 0 Å². The number of aryl methyl sites for hydroxylation is 2. The lowest BCUT2D eigenvalue weighted by atomic mass is 10.2. The van der Waals surface area contributed by atoms with E-state index < -0.39 is 0 Å². The summed E-state index contributed by atoms with van der Waals surface area (Å²) in [5, 5.41) is 0. The number of aromatic nitrogens is 1. The quantitative estimate of drug-likeness (QED) is 0.620. The van der Waals surface area contributed by atoms with Crippen LogP contribution in [0.3, 0.4) is 0 Å². The van der Waals surface area contributed by atoms with Gasteiger partial charge in [-0.3, -0.25) is 0 Å². The van der Waals surface area contributed by atoms with Gasteiger partial charge in [0.2, 0.25) is 6.54 Å². The summed E-state index contributed by atoms with van der Waals surface area (Å²) in [4.78, 5) is 6.53. The average Bonchev–Trinajstić information content (AvgIpc) is 2.26. The van der Waals surface area contributed by atoms with Gasteiger partial charge in [0.25, 0.3) is 0 Å². The highest BCUT2D eigenvalue weighted by Gasteiger charge is 2.01. The van der Waals surface area contributed by atoms with Crippen molar-refractivity contribution < 1.29 is 0 Å². The van der Waals surface area contributed by atoms with Crippen molar-refractivity contribution in [3.63, 3.8) is 0 Å². The van der Waals surface area contributed by atoms with E-state index in [0.717, 1.165) is 6.42 Å². The summed E-state index contributed by atoms with van der Waals surface area (Å²) in [6.45, 7) is 11.3. The zero-order valence-corrected chi connectivity index (χ0v) is 6.94. The first kappa shape index (κ1) is 7.87. The van der Waals surface area contributed by atoms with Gasteiger partial charge < -0.3 is 9.83 Å². The molecule has 0 radical (unpaired) electrons. The third-order valence-electron chi connectivity index (χ3n) is 1.75. The van der Waals surface area contributed by atoms with Crippen molar-refractivity contribution in [3.8, 4) is 0 Å². The van der Waals surface area contributed by atoms with Crippen molar-refractivity contribution in [2.75, 3.05) is 6.54 Å². The fourth-order valence-electron chi connectivity index (χ4n) is 1.22. The summed E-state index contributed by atoms with van der Waals surface area (Å²) >= 11 is 0. The molecule has 1 N–H and O–H groups in total. The molecule has 0 saturated carbocycles. The molecular formula is C9H12N2. The van der Waals surface area contributed by atoms with Crippen LogP contribution in [0.5, 0.6) is 0 Å². The second-order valence-electron chi connectivity index (χ2n) is 2.73. The van der Waals surface area contributed by atoms with E-state index in [2.05, 4.69) is 15.9 Å². The molecule has 2 nitrogen and oxygen atoms in total. The molecule has 1 aromatic heterocycles. The van der Waals surface area contributed by atoms with Crippen LogP contribution in [0.25, 0.3) is 4.85 Å². The van der Waals surface area contributed by atoms with E-state index in [1.807, 2.05) is 13.8 Å². The summed E-state index contributed by atoms with van der Waals surface area (Å²) in [6, 6.07) is 2.11. The molecule has 58 valence electrons. The van der Waals surface area contributed by atoms with Gasteiger partial charge in [0.1, 0.15) is 0 Å². The maximum Gasteiger partial charge on any atom is 0.218 e. The zero-order chi connectivity index (χ0) is 8.27. The third kappa shape index (κ3) is 1.84. The van der Waals surface area contributed by atoms with E-state index >= 15 is 0 Å². The lowest BCUT2D eigenvalue weighted by Crippen LogP contribution is -1.87. The topological polar surface area (TPSA) is 20.1 Å². The molecule has 0 atom stereocenters. The van der Waals surface area contributed by atoms with Gasteiger partial charge >= 0.3 is 0 Å². The highest BCUT2D eigenvalue weighted by molar-refractivity contribution is 5.24. The standard InChI is InChI=1S/C9H12N2/c1-7-6-9(4-5-10-3)8(2)11-7/h6,11H,4-5H2,1-2H3. The number of rotatable bonds is 2. The van der Waals surface area contributed by atoms with Crippen LogP contribution in [-0.4, -0.2) is 11.5 Å². The van der Waals surface area contributed by atoms with Gasteiger partial charge in [0.05, 0.1) is 0 Å². The summed E-state index contributed by atoms with van der Waals surface area (Å²) in [6.07, 6.45) is 0.875. The number of hydrogen-bond donors (Lipinski definition) is 1. The summed E-state index contributed by atoms with van der Waals surface area (Å²) in [7, 11) is 0. The average molecular weight is 148 g/mol. The van der Waals surface area contributed by atoms with Gasteiger partial charge in [0.15, 0.2) is 0 Å². The highest BCUT2D eigenvalue weighted by Crippen LogP contribution is 2.09. The Morgan fingerprint density at radius 1 is 1.55 bits per heavy atom. The number of nitrogens with zero attached hydrogens (tertiary/aromatic N) is 1. The second kappa shape index (κ2) is 3.25. The molecule has 0 aliphatic heterocycles. The molecule has 11 heavy (non-hydrogen) atoms. The number of aromatic amines is 1. The van der Waals surface area contributed by atoms with Crippen LogP contribution in [0.15, 0.2) is 6.07 Å². The lowest BCUT2D eigenvalue weighted by molar-refractivity contribution is 1.05. The summed E-state index contributed by atoms with van der Waals surface area (Å²) < 4.78 is 0. The van der Waals surface area contributed by atoms with Crippen molar-refractivity contribution in [1.82, 2.24) is 4.98 Å².